The molecular formula is C14H23FN2. The fourth-order valence-corrected chi connectivity index (χ4v) is 1.84. The maximum absolute atomic E-state index is 13.3. The molecule has 17 heavy (non-hydrogen) atoms. The van der Waals surface area contributed by atoms with Crippen LogP contribution in [0.1, 0.15) is 32.8 Å². The Morgan fingerprint density at radius 2 is 2.06 bits per heavy atom. The Balaban J connectivity index is 2.87. The highest BCUT2D eigenvalue weighted by Crippen LogP contribution is 2.21. The number of halogens is 1. The zero-order chi connectivity index (χ0) is 12.8. The van der Waals surface area contributed by atoms with Crippen LogP contribution in [0.3, 0.4) is 0 Å². The van der Waals surface area contributed by atoms with E-state index in [4.69, 9.17) is 0 Å². The lowest BCUT2D eigenvalue weighted by atomic mass is 10.1. The molecule has 0 spiro atoms. The van der Waals surface area contributed by atoms with Crippen LogP contribution >= 0.6 is 0 Å². The summed E-state index contributed by atoms with van der Waals surface area (Å²) in [6.07, 6.45) is 1.09. The van der Waals surface area contributed by atoms with Crippen LogP contribution < -0.4 is 10.2 Å². The zero-order valence-electron chi connectivity index (χ0n) is 11.3. The van der Waals surface area contributed by atoms with E-state index in [1.54, 1.807) is 6.07 Å². The van der Waals surface area contributed by atoms with E-state index in [2.05, 4.69) is 38.0 Å². The first-order chi connectivity index (χ1) is 8.04. The molecule has 0 atom stereocenters. The molecule has 1 aromatic rings. The highest BCUT2D eigenvalue weighted by Gasteiger charge is 2.08. The molecule has 0 unspecified atom stereocenters. The first-order valence-corrected chi connectivity index (χ1v) is 6.27. The van der Waals surface area contributed by atoms with Crippen molar-refractivity contribution in [3.05, 3.63) is 29.6 Å². The van der Waals surface area contributed by atoms with Gasteiger partial charge in [0.2, 0.25) is 0 Å². The van der Waals surface area contributed by atoms with Crippen LogP contribution in [0.4, 0.5) is 10.1 Å². The predicted octanol–water partition coefficient (Wildman–Crippen LogP) is 3.17. The van der Waals surface area contributed by atoms with Gasteiger partial charge in [0.15, 0.2) is 0 Å². The van der Waals surface area contributed by atoms with E-state index in [-0.39, 0.29) is 5.82 Å². The predicted molar refractivity (Wildman–Crippen MR) is 71.9 cm³/mol. The second-order valence-corrected chi connectivity index (χ2v) is 4.73. The Kier molecular flexibility index (Phi) is 5.42. The molecule has 2 nitrogen and oxygen atoms in total. The molecule has 0 saturated carbocycles. The van der Waals surface area contributed by atoms with Gasteiger partial charge in [-0.15, -0.1) is 0 Å². The fraction of sp³-hybridized carbons (Fsp3) is 0.571. The van der Waals surface area contributed by atoms with Gasteiger partial charge in [-0.25, -0.2) is 4.39 Å². The van der Waals surface area contributed by atoms with Crippen molar-refractivity contribution >= 4 is 5.69 Å². The number of benzene rings is 1. The van der Waals surface area contributed by atoms with Gasteiger partial charge in [0.25, 0.3) is 0 Å². The number of hydrogen-bond donors (Lipinski definition) is 1. The summed E-state index contributed by atoms with van der Waals surface area (Å²) in [5.41, 5.74) is 2.14. The normalized spacial score (nSPS) is 10.9. The van der Waals surface area contributed by atoms with E-state index in [1.807, 2.05) is 6.07 Å². The summed E-state index contributed by atoms with van der Waals surface area (Å²) in [7, 11) is 2.05. The van der Waals surface area contributed by atoms with Crippen LogP contribution in [0.15, 0.2) is 18.2 Å². The van der Waals surface area contributed by atoms with Crippen LogP contribution in [0.2, 0.25) is 0 Å². The van der Waals surface area contributed by atoms with Gasteiger partial charge in [0, 0.05) is 31.9 Å². The molecule has 0 bridgehead atoms. The largest absolute Gasteiger partial charge is 0.374 e. The summed E-state index contributed by atoms with van der Waals surface area (Å²) < 4.78 is 13.3. The van der Waals surface area contributed by atoms with E-state index in [0.29, 0.717) is 12.6 Å². The van der Waals surface area contributed by atoms with Gasteiger partial charge < -0.3 is 10.2 Å². The first-order valence-electron chi connectivity index (χ1n) is 6.27. The molecular weight excluding hydrogens is 215 g/mol. The molecule has 0 radical (unpaired) electrons. The molecule has 0 amide bonds. The zero-order valence-corrected chi connectivity index (χ0v) is 11.3. The van der Waals surface area contributed by atoms with Crippen molar-refractivity contribution in [2.45, 2.75) is 39.8 Å². The van der Waals surface area contributed by atoms with E-state index >= 15 is 0 Å². The van der Waals surface area contributed by atoms with E-state index in [9.17, 15) is 4.39 Å². The summed E-state index contributed by atoms with van der Waals surface area (Å²) in [4.78, 5) is 2.18. The Morgan fingerprint density at radius 3 is 2.65 bits per heavy atom. The Labute approximate surface area is 104 Å². The molecule has 0 aromatic heterocycles. The Hall–Kier alpha value is -1.09. The van der Waals surface area contributed by atoms with Crippen LogP contribution in [0.5, 0.6) is 0 Å². The van der Waals surface area contributed by atoms with Crippen molar-refractivity contribution in [1.82, 2.24) is 5.32 Å². The summed E-state index contributed by atoms with van der Waals surface area (Å²) in [5, 5.41) is 3.33. The third-order valence-electron chi connectivity index (χ3n) is 2.71. The number of hydrogen-bond acceptors (Lipinski definition) is 2. The average Bonchev–Trinajstić information content (AvgIpc) is 2.26. The molecule has 0 fully saturated rings. The van der Waals surface area contributed by atoms with Crippen molar-refractivity contribution in [1.29, 1.82) is 0 Å². The molecule has 0 aliphatic carbocycles. The quantitative estimate of drug-likeness (QED) is 0.819. The monoisotopic (exact) mass is 238 g/mol. The third kappa shape index (κ3) is 4.35. The number of nitrogens with zero attached hydrogens (tertiary/aromatic N) is 1. The number of anilines is 1. The van der Waals surface area contributed by atoms with Crippen LogP contribution in [-0.2, 0) is 6.54 Å². The maximum atomic E-state index is 13.3. The minimum Gasteiger partial charge on any atom is -0.374 e. The van der Waals surface area contributed by atoms with Crippen LogP contribution in [-0.4, -0.2) is 19.6 Å². The first kappa shape index (κ1) is 14.0. The van der Waals surface area contributed by atoms with Gasteiger partial charge in [-0.1, -0.05) is 20.8 Å². The smallest absolute Gasteiger partial charge is 0.123 e. The highest BCUT2D eigenvalue weighted by atomic mass is 19.1. The highest BCUT2D eigenvalue weighted by molar-refractivity contribution is 5.53. The van der Waals surface area contributed by atoms with Gasteiger partial charge in [-0.05, 0) is 30.2 Å². The fourth-order valence-electron chi connectivity index (χ4n) is 1.84. The van der Waals surface area contributed by atoms with Gasteiger partial charge in [0.1, 0.15) is 5.82 Å². The maximum Gasteiger partial charge on any atom is 0.123 e. The summed E-state index contributed by atoms with van der Waals surface area (Å²) in [6.45, 7) is 8.02. The molecule has 0 aliphatic rings. The van der Waals surface area contributed by atoms with E-state index in [1.165, 1.54) is 6.07 Å². The number of rotatable bonds is 6. The van der Waals surface area contributed by atoms with Crippen molar-refractivity contribution in [2.75, 3.05) is 18.5 Å². The molecule has 1 aromatic carbocycles. The van der Waals surface area contributed by atoms with Crippen molar-refractivity contribution < 1.29 is 4.39 Å². The lowest BCUT2D eigenvalue weighted by Crippen LogP contribution is -2.25. The van der Waals surface area contributed by atoms with Gasteiger partial charge >= 0.3 is 0 Å². The molecule has 3 heteroatoms. The van der Waals surface area contributed by atoms with E-state index < -0.39 is 0 Å². The van der Waals surface area contributed by atoms with E-state index in [0.717, 1.165) is 24.2 Å². The van der Waals surface area contributed by atoms with Crippen molar-refractivity contribution in [2.24, 2.45) is 0 Å². The van der Waals surface area contributed by atoms with Gasteiger partial charge in [0.05, 0.1) is 0 Å². The topological polar surface area (TPSA) is 15.3 Å². The third-order valence-corrected chi connectivity index (χ3v) is 2.71. The minimum atomic E-state index is -0.167. The second-order valence-electron chi connectivity index (χ2n) is 4.73. The standard InChI is InChI=1S/C14H23FN2/c1-5-8-17(4)14-7-6-13(15)9-12(14)10-16-11(2)3/h6-7,9,11,16H,5,8,10H2,1-4H3. The molecule has 96 valence electrons. The molecule has 1 N–H and O–H groups in total. The van der Waals surface area contributed by atoms with Crippen molar-refractivity contribution in [3.8, 4) is 0 Å². The van der Waals surface area contributed by atoms with Crippen LogP contribution in [0, 0.1) is 5.82 Å². The molecule has 0 saturated heterocycles. The summed E-state index contributed by atoms with van der Waals surface area (Å²) in [5.74, 6) is -0.167. The summed E-state index contributed by atoms with van der Waals surface area (Å²) in [6, 6.07) is 5.42. The summed E-state index contributed by atoms with van der Waals surface area (Å²) >= 11 is 0. The van der Waals surface area contributed by atoms with Crippen LogP contribution in [0.25, 0.3) is 0 Å². The second kappa shape index (κ2) is 6.60. The molecule has 0 aliphatic heterocycles. The minimum absolute atomic E-state index is 0.167. The number of nitrogens with one attached hydrogen (secondary N) is 1. The SMILES string of the molecule is CCCN(C)c1ccc(F)cc1CNC(C)C. The van der Waals surface area contributed by atoms with Crippen molar-refractivity contribution in [3.63, 3.8) is 0 Å². The Morgan fingerprint density at radius 1 is 1.35 bits per heavy atom. The van der Waals surface area contributed by atoms with Gasteiger partial charge in [-0.3, -0.25) is 0 Å². The molecule has 0 heterocycles. The molecule has 1 rings (SSSR count). The average molecular weight is 238 g/mol. The Bertz CT molecular complexity index is 350. The van der Waals surface area contributed by atoms with Gasteiger partial charge in [-0.2, -0.15) is 0 Å². The lowest BCUT2D eigenvalue weighted by molar-refractivity contribution is 0.580. The lowest BCUT2D eigenvalue weighted by Gasteiger charge is -2.22.